The van der Waals surface area contributed by atoms with Crippen LogP contribution in [-0.4, -0.2) is 67.0 Å². The molecule has 0 bridgehead atoms. The summed E-state index contributed by atoms with van der Waals surface area (Å²) in [5.74, 6) is -0.437. The Bertz CT molecular complexity index is 1700. The van der Waals surface area contributed by atoms with E-state index in [0.717, 1.165) is 11.1 Å². The number of carbonyl (C=O) groups is 3. The average molecular weight is 625 g/mol. The van der Waals surface area contributed by atoms with Crippen molar-refractivity contribution >= 4 is 63.7 Å². The number of carbonyl (C=O) groups excluding carboxylic acids is 3. The Hall–Kier alpha value is -4.54. The number of rotatable bonds is 10. The van der Waals surface area contributed by atoms with Gasteiger partial charge >= 0.3 is 0 Å². The molecule has 0 atom stereocenters. The van der Waals surface area contributed by atoms with Crippen LogP contribution >= 0.6 is 23.2 Å². The molecule has 1 aromatic heterocycles. The number of aryl methyl sites for hydroxylation is 1. The Morgan fingerprint density at radius 3 is 2.42 bits per heavy atom. The molecule has 1 heterocycles. The lowest BCUT2D eigenvalue weighted by Gasteiger charge is -2.21. The van der Waals surface area contributed by atoms with Gasteiger partial charge in [-0.2, -0.15) is 4.98 Å². The van der Waals surface area contributed by atoms with Gasteiger partial charge < -0.3 is 24.6 Å². The van der Waals surface area contributed by atoms with Crippen LogP contribution in [0.3, 0.4) is 0 Å². The summed E-state index contributed by atoms with van der Waals surface area (Å²) in [4.78, 5) is 44.6. The van der Waals surface area contributed by atoms with Crippen molar-refractivity contribution in [3.05, 3.63) is 87.4 Å². The van der Waals surface area contributed by atoms with Crippen molar-refractivity contribution in [3.8, 4) is 11.8 Å². The maximum atomic E-state index is 12.9. The molecule has 0 radical (unpaired) electrons. The number of anilines is 1. The lowest BCUT2D eigenvalue weighted by molar-refractivity contribution is -0.122. The molecule has 12 heteroatoms. The second kappa shape index (κ2) is 13.6. The van der Waals surface area contributed by atoms with Gasteiger partial charge in [0.15, 0.2) is 0 Å². The first-order valence-electron chi connectivity index (χ1n) is 13.1. The van der Waals surface area contributed by atoms with E-state index in [1.54, 1.807) is 76.8 Å². The van der Waals surface area contributed by atoms with Gasteiger partial charge in [-0.15, -0.1) is 0 Å². The van der Waals surface area contributed by atoms with Gasteiger partial charge in [-0.3, -0.25) is 19.0 Å². The van der Waals surface area contributed by atoms with Crippen molar-refractivity contribution < 1.29 is 23.9 Å². The molecule has 0 aliphatic heterocycles. The fourth-order valence-corrected chi connectivity index (χ4v) is 4.84. The van der Waals surface area contributed by atoms with Gasteiger partial charge in [-0.1, -0.05) is 41.4 Å². The molecule has 224 valence electrons. The molecule has 0 aliphatic carbocycles. The summed E-state index contributed by atoms with van der Waals surface area (Å²) >= 11 is 13.2. The van der Waals surface area contributed by atoms with E-state index < -0.39 is 11.8 Å². The molecule has 3 aromatic carbocycles. The zero-order chi connectivity index (χ0) is 31.3. The smallest absolute Gasteiger partial charge is 0.296 e. The molecule has 3 amide bonds. The van der Waals surface area contributed by atoms with Gasteiger partial charge in [0.2, 0.25) is 11.8 Å². The molecular formula is C31H31Cl2N5O5. The van der Waals surface area contributed by atoms with Crippen LogP contribution in [0.2, 0.25) is 10.0 Å². The normalized spacial score (nSPS) is 11.0. The van der Waals surface area contributed by atoms with Crippen LogP contribution in [0.25, 0.3) is 17.1 Å². The summed E-state index contributed by atoms with van der Waals surface area (Å²) in [5, 5.41) is 3.20. The number of ether oxygens (including phenoxy) is 2. The number of benzene rings is 3. The predicted octanol–water partition coefficient (Wildman–Crippen LogP) is 4.96. The summed E-state index contributed by atoms with van der Waals surface area (Å²) in [6.07, 6.45) is 2.91. The molecule has 0 saturated carbocycles. The zero-order valence-corrected chi connectivity index (χ0v) is 25.9. The Balaban J connectivity index is 1.39. The van der Waals surface area contributed by atoms with Gasteiger partial charge in [-0.05, 0) is 48.0 Å². The quantitative estimate of drug-likeness (QED) is 0.250. The lowest BCUT2D eigenvalue weighted by atomic mass is 10.1. The van der Waals surface area contributed by atoms with E-state index >= 15 is 0 Å². The molecule has 0 fully saturated rings. The second-order valence-corrected chi connectivity index (χ2v) is 10.5. The molecular weight excluding hydrogens is 593 g/mol. The summed E-state index contributed by atoms with van der Waals surface area (Å²) in [6.45, 7) is -0.235. The van der Waals surface area contributed by atoms with Gasteiger partial charge in [-0.25, -0.2) is 0 Å². The number of halogens is 2. The third-order valence-electron chi connectivity index (χ3n) is 6.69. The number of methoxy groups -OCH3 is 1. The summed E-state index contributed by atoms with van der Waals surface area (Å²) in [7, 11) is 8.30. The minimum Gasteiger partial charge on any atom is -0.486 e. The lowest BCUT2D eigenvalue weighted by Crippen LogP contribution is -2.37. The van der Waals surface area contributed by atoms with E-state index in [-0.39, 0.29) is 24.1 Å². The number of para-hydroxylation sites is 1. The van der Waals surface area contributed by atoms with E-state index in [9.17, 15) is 14.4 Å². The van der Waals surface area contributed by atoms with Crippen molar-refractivity contribution in [3.63, 3.8) is 0 Å². The number of hydrogen-bond donors (Lipinski definition) is 1. The number of amides is 3. The first-order chi connectivity index (χ1) is 20.5. The Morgan fingerprint density at radius 1 is 1.02 bits per heavy atom. The minimum atomic E-state index is -0.452. The van der Waals surface area contributed by atoms with Crippen LogP contribution in [0, 0.1) is 0 Å². The summed E-state index contributed by atoms with van der Waals surface area (Å²) in [6, 6.07) is 16.1. The number of fused-ring (bicyclic) bond motifs is 1. The van der Waals surface area contributed by atoms with E-state index in [4.69, 9.17) is 32.7 Å². The zero-order valence-electron chi connectivity index (χ0n) is 24.4. The SMILES string of the molecule is COc1nc2c(OCc3c(Cl)ccc(N(C)C(=O)CNC(=O)C=Cc4ccc(C(=O)N(C)C)cc4)c3Cl)cccc2n1C. The fourth-order valence-electron chi connectivity index (χ4n) is 4.23. The minimum absolute atomic E-state index is 0.0252. The highest BCUT2D eigenvalue weighted by Crippen LogP contribution is 2.35. The van der Waals surface area contributed by atoms with Crippen LogP contribution in [-0.2, 0) is 23.2 Å². The number of aromatic nitrogens is 2. The standard InChI is InChI=1S/C31H31Cl2N5O5/c1-36(2)30(41)20-12-9-19(10-13-20)11-16-26(39)34-17-27(40)37(3)23-15-14-22(32)21(28(23)33)18-43-25-8-6-7-24-29(25)35-31(42-5)38(24)4/h6-16H,17-18H2,1-5H3,(H,34,39). The molecule has 0 saturated heterocycles. The molecule has 4 rings (SSSR count). The Labute approximate surface area is 259 Å². The number of hydrogen-bond acceptors (Lipinski definition) is 6. The molecule has 1 N–H and O–H groups in total. The molecule has 4 aromatic rings. The van der Waals surface area contributed by atoms with Crippen LogP contribution in [0.1, 0.15) is 21.5 Å². The van der Waals surface area contributed by atoms with Gasteiger partial charge in [0.25, 0.3) is 11.9 Å². The van der Waals surface area contributed by atoms with Crippen LogP contribution in [0.5, 0.6) is 11.8 Å². The van der Waals surface area contributed by atoms with Crippen molar-refractivity contribution in [1.82, 2.24) is 19.8 Å². The summed E-state index contributed by atoms with van der Waals surface area (Å²) < 4.78 is 13.2. The maximum Gasteiger partial charge on any atom is 0.296 e. The van der Waals surface area contributed by atoms with E-state index in [0.29, 0.717) is 39.1 Å². The van der Waals surface area contributed by atoms with E-state index in [1.165, 1.54) is 15.9 Å². The average Bonchev–Trinajstić information content (AvgIpc) is 3.34. The Morgan fingerprint density at radius 2 is 1.74 bits per heavy atom. The monoisotopic (exact) mass is 623 g/mol. The molecule has 0 spiro atoms. The van der Waals surface area contributed by atoms with Crippen molar-refractivity contribution in [2.45, 2.75) is 6.61 Å². The van der Waals surface area contributed by atoms with Crippen molar-refractivity contribution in [2.75, 3.05) is 39.7 Å². The Kier molecular flexibility index (Phi) is 9.95. The third kappa shape index (κ3) is 7.10. The maximum absolute atomic E-state index is 12.9. The fraction of sp³-hybridized carbons (Fsp3) is 0.226. The number of nitrogens with one attached hydrogen (secondary N) is 1. The van der Waals surface area contributed by atoms with Gasteiger partial charge in [0, 0.05) is 50.4 Å². The molecule has 0 aliphatic rings. The van der Waals surface area contributed by atoms with Crippen molar-refractivity contribution in [1.29, 1.82) is 0 Å². The highest BCUT2D eigenvalue weighted by atomic mass is 35.5. The molecule has 43 heavy (non-hydrogen) atoms. The van der Waals surface area contributed by atoms with Gasteiger partial charge in [0.1, 0.15) is 17.9 Å². The van der Waals surface area contributed by atoms with Crippen LogP contribution in [0.15, 0.2) is 60.7 Å². The second-order valence-electron chi connectivity index (χ2n) is 9.75. The summed E-state index contributed by atoms with van der Waals surface area (Å²) in [5.41, 5.74) is 3.63. The molecule has 10 nitrogen and oxygen atoms in total. The van der Waals surface area contributed by atoms with E-state index in [1.807, 2.05) is 23.7 Å². The largest absolute Gasteiger partial charge is 0.486 e. The highest BCUT2D eigenvalue weighted by molar-refractivity contribution is 6.38. The topological polar surface area (TPSA) is 106 Å². The first-order valence-corrected chi connectivity index (χ1v) is 13.9. The van der Waals surface area contributed by atoms with Crippen LogP contribution < -0.4 is 19.7 Å². The predicted molar refractivity (Wildman–Crippen MR) is 168 cm³/mol. The highest BCUT2D eigenvalue weighted by Gasteiger charge is 2.20. The third-order valence-corrected chi connectivity index (χ3v) is 7.47. The van der Waals surface area contributed by atoms with Crippen molar-refractivity contribution in [2.24, 2.45) is 7.05 Å². The number of likely N-dealkylation sites (N-methyl/N-ethyl adjacent to an activating group) is 1. The first kappa shape index (κ1) is 31.4. The van der Waals surface area contributed by atoms with E-state index in [2.05, 4.69) is 10.3 Å². The molecule has 0 unspecified atom stereocenters. The number of imidazole rings is 1. The van der Waals surface area contributed by atoms with Crippen LogP contribution in [0.4, 0.5) is 5.69 Å². The number of nitrogens with zero attached hydrogens (tertiary/aromatic N) is 4. The van der Waals surface area contributed by atoms with Gasteiger partial charge in [0.05, 0.1) is 29.9 Å².